The van der Waals surface area contributed by atoms with E-state index in [1.165, 1.54) is 0 Å². The van der Waals surface area contributed by atoms with E-state index in [0.717, 1.165) is 5.56 Å². The molecule has 3 aliphatic rings. The lowest BCUT2D eigenvalue weighted by atomic mass is 9.74. The summed E-state index contributed by atoms with van der Waals surface area (Å²) in [5.41, 5.74) is 1.90. The van der Waals surface area contributed by atoms with Crippen molar-refractivity contribution < 1.29 is 23.9 Å². The number of ether oxygens (including phenoxy) is 2. The molecule has 3 unspecified atom stereocenters. The minimum atomic E-state index is -0.644. The Morgan fingerprint density at radius 2 is 1.93 bits per heavy atom. The summed E-state index contributed by atoms with van der Waals surface area (Å²) in [7, 11) is 1.58. The van der Waals surface area contributed by atoms with Gasteiger partial charge in [0, 0.05) is 12.5 Å². The molecule has 28 heavy (non-hydrogen) atoms. The summed E-state index contributed by atoms with van der Waals surface area (Å²) in [6.45, 7) is 4.63. The molecule has 4 rings (SSSR count). The maximum Gasteiger partial charge on any atom is 0.336 e. The van der Waals surface area contributed by atoms with Crippen molar-refractivity contribution in [1.29, 1.82) is 0 Å². The van der Waals surface area contributed by atoms with Crippen molar-refractivity contribution in [3.8, 4) is 5.75 Å². The van der Waals surface area contributed by atoms with Crippen LogP contribution in [-0.2, 0) is 14.3 Å². The number of cyclic esters (lactones) is 1. The summed E-state index contributed by atoms with van der Waals surface area (Å²) in [5.74, 6) is -1.07. The number of carbonyl (C=O) groups excluding carboxylic acids is 3. The summed E-state index contributed by atoms with van der Waals surface area (Å²) in [4.78, 5) is 39.5. The number of imide groups is 1. The quantitative estimate of drug-likeness (QED) is 0.760. The van der Waals surface area contributed by atoms with Crippen molar-refractivity contribution in [2.24, 2.45) is 11.8 Å². The Morgan fingerprint density at radius 3 is 2.57 bits per heavy atom. The standard InChI is InChI=1S/C20H23N3O5/c1-10(2)8-23-17-16(18(24)22-20(23)26)14(11-4-6-12(27-3)7-5-11)15-13(21-17)9-28-19(15)25/h4-7,10,14,16-17,21H,8-9H2,1-3H3,(H,22,24,26). The molecule has 1 aromatic rings. The van der Waals surface area contributed by atoms with Crippen molar-refractivity contribution in [1.82, 2.24) is 15.5 Å². The highest BCUT2D eigenvalue weighted by Gasteiger charge is 2.53. The average molecular weight is 385 g/mol. The molecule has 2 N–H and O–H groups in total. The van der Waals surface area contributed by atoms with Crippen molar-refractivity contribution in [2.75, 3.05) is 20.3 Å². The van der Waals surface area contributed by atoms with Crippen LogP contribution in [0, 0.1) is 11.8 Å². The van der Waals surface area contributed by atoms with Gasteiger partial charge < -0.3 is 19.7 Å². The summed E-state index contributed by atoms with van der Waals surface area (Å²) < 4.78 is 10.5. The fraction of sp³-hybridized carbons (Fsp3) is 0.450. The average Bonchev–Trinajstić information content (AvgIpc) is 3.04. The number of methoxy groups -OCH3 is 1. The number of amides is 3. The first kappa shape index (κ1) is 18.3. The number of fused-ring (bicyclic) bond motifs is 1. The van der Waals surface area contributed by atoms with Gasteiger partial charge >= 0.3 is 12.0 Å². The minimum absolute atomic E-state index is 0.120. The van der Waals surface area contributed by atoms with Crippen LogP contribution in [0.2, 0.25) is 0 Å². The van der Waals surface area contributed by atoms with Crippen molar-refractivity contribution in [3.63, 3.8) is 0 Å². The molecule has 0 aromatic heterocycles. The monoisotopic (exact) mass is 385 g/mol. The maximum absolute atomic E-state index is 12.9. The Morgan fingerprint density at radius 1 is 1.21 bits per heavy atom. The van der Waals surface area contributed by atoms with E-state index in [9.17, 15) is 14.4 Å². The van der Waals surface area contributed by atoms with Crippen LogP contribution in [0.3, 0.4) is 0 Å². The highest BCUT2D eigenvalue weighted by Crippen LogP contribution is 2.44. The molecule has 8 nitrogen and oxygen atoms in total. The van der Waals surface area contributed by atoms with Gasteiger partial charge in [-0.2, -0.15) is 0 Å². The van der Waals surface area contributed by atoms with Crippen molar-refractivity contribution in [2.45, 2.75) is 25.9 Å². The van der Waals surface area contributed by atoms with Gasteiger partial charge in [0.05, 0.1) is 24.3 Å². The van der Waals surface area contributed by atoms with Gasteiger partial charge in [-0.05, 0) is 23.6 Å². The Hall–Kier alpha value is -3.03. The minimum Gasteiger partial charge on any atom is -0.497 e. The van der Waals surface area contributed by atoms with Gasteiger partial charge in [-0.15, -0.1) is 0 Å². The fourth-order valence-electron chi connectivity index (χ4n) is 4.21. The Labute approximate surface area is 162 Å². The van der Waals surface area contributed by atoms with Crippen LogP contribution in [0.4, 0.5) is 4.79 Å². The highest BCUT2D eigenvalue weighted by atomic mass is 16.5. The van der Waals surface area contributed by atoms with Crippen molar-refractivity contribution in [3.05, 3.63) is 41.1 Å². The first-order valence-electron chi connectivity index (χ1n) is 9.32. The predicted octanol–water partition coefficient (Wildman–Crippen LogP) is 1.34. The number of nitrogens with zero attached hydrogens (tertiary/aromatic N) is 1. The van der Waals surface area contributed by atoms with Crippen LogP contribution >= 0.6 is 0 Å². The number of urea groups is 1. The van der Waals surface area contributed by atoms with Crippen LogP contribution in [0.5, 0.6) is 5.75 Å². The third-order valence-corrected chi connectivity index (χ3v) is 5.39. The first-order valence-corrected chi connectivity index (χ1v) is 9.32. The third kappa shape index (κ3) is 2.89. The Bertz CT molecular complexity index is 861. The second-order valence-electron chi connectivity index (χ2n) is 7.67. The van der Waals surface area contributed by atoms with Crippen LogP contribution in [0.25, 0.3) is 0 Å². The second-order valence-corrected chi connectivity index (χ2v) is 7.67. The highest BCUT2D eigenvalue weighted by molar-refractivity contribution is 6.02. The summed E-state index contributed by atoms with van der Waals surface area (Å²) in [5, 5.41) is 5.70. The molecule has 148 valence electrons. The summed E-state index contributed by atoms with van der Waals surface area (Å²) in [6.07, 6.45) is -0.538. The van der Waals surface area contributed by atoms with Gasteiger partial charge in [0.1, 0.15) is 18.5 Å². The molecule has 3 heterocycles. The molecule has 1 aromatic carbocycles. The zero-order valence-corrected chi connectivity index (χ0v) is 16.0. The normalized spacial score (nSPS) is 26.5. The number of hydrogen-bond donors (Lipinski definition) is 2. The van der Waals surface area contributed by atoms with Gasteiger partial charge in [-0.3, -0.25) is 10.1 Å². The Kier molecular flexibility index (Phi) is 4.49. The molecule has 1 saturated heterocycles. The predicted molar refractivity (Wildman–Crippen MR) is 99.2 cm³/mol. The Balaban J connectivity index is 1.81. The van der Waals surface area contributed by atoms with Gasteiger partial charge in [-0.1, -0.05) is 26.0 Å². The molecule has 0 saturated carbocycles. The lowest BCUT2D eigenvalue weighted by Gasteiger charge is -2.47. The van der Waals surface area contributed by atoms with E-state index >= 15 is 0 Å². The molecule has 3 aliphatic heterocycles. The van der Waals surface area contributed by atoms with E-state index < -0.39 is 35.9 Å². The molecular formula is C20H23N3O5. The zero-order chi connectivity index (χ0) is 20.0. The van der Waals surface area contributed by atoms with Gasteiger partial charge in [0.25, 0.3) is 0 Å². The van der Waals surface area contributed by atoms with Crippen LogP contribution in [0.1, 0.15) is 25.3 Å². The topological polar surface area (TPSA) is 97.0 Å². The fourth-order valence-corrected chi connectivity index (χ4v) is 4.21. The van der Waals surface area contributed by atoms with E-state index in [1.807, 2.05) is 26.0 Å². The van der Waals surface area contributed by atoms with E-state index in [1.54, 1.807) is 24.1 Å². The molecule has 0 aliphatic carbocycles. The van der Waals surface area contributed by atoms with Crippen LogP contribution in [0.15, 0.2) is 35.5 Å². The lowest BCUT2D eigenvalue weighted by Crippen LogP contribution is -2.68. The summed E-state index contributed by atoms with van der Waals surface area (Å²) in [6, 6.07) is 6.86. The first-order chi connectivity index (χ1) is 13.4. The molecule has 0 bridgehead atoms. The van der Waals surface area contributed by atoms with E-state index in [-0.39, 0.29) is 12.5 Å². The second kappa shape index (κ2) is 6.85. The molecule has 0 spiro atoms. The van der Waals surface area contributed by atoms with Crippen molar-refractivity contribution >= 4 is 17.9 Å². The number of carbonyl (C=O) groups is 3. The smallest absolute Gasteiger partial charge is 0.336 e. The van der Waals surface area contributed by atoms with Gasteiger partial charge in [-0.25, -0.2) is 9.59 Å². The lowest BCUT2D eigenvalue weighted by molar-refractivity contribution is -0.136. The molecule has 1 fully saturated rings. The number of hydrogen-bond acceptors (Lipinski definition) is 6. The summed E-state index contributed by atoms with van der Waals surface area (Å²) >= 11 is 0. The van der Waals surface area contributed by atoms with Gasteiger partial charge in [0.2, 0.25) is 5.91 Å². The number of rotatable bonds is 4. The zero-order valence-electron chi connectivity index (χ0n) is 16.0. The number of benzene rings is 1. The van der Waals surface area contributed by atoms with E-state index in [2.05, 4.69) is 10.6 Å². The number of esters is 1. The molecule has 0 radical (unpaired) electrons. The van der Waals surface area contributed by atoms with Crippen LogP contribution < -0.4 is 15.4 Å². The molecule has 3 amide bonds. The SMILES string of the molecule is COc1ccc(C2C3=C(COC3=O)NC3C2C(=O)NC(=O)N3CC(C)C)cc1. The molecule has 3 atom stereocenters. The number of nitrogens with one attached hydrogen (secondary N) is 2. The third-order valence-electron chi connectivity index (χ3n) is 5.39. The van der Waals surface area contributed by atoms with E-state index in [4.69, 9.17) is 9.47 Å². The maximum atomic E-state index is 12.9. The van der Waals surface area contributed by atoms with Crippen LogP contribution in [-0.4, -0.2) is 49.2 Å². The van der Waals surface area contributed by atoms with E-state index in [0.29, 0.717) is 23.6 Å². The molecule has 8 heteroatoms. The molecular weight excluding hydrogens is 362 g/mol. The largest absolute Gasteiger partial charge is 0.497 e. The van der Waals surface area contributed by atoms with Gasteiger partial charge in [0.15, 0.2) is 0 Å².